The molecule has 2 aliphatic rings. The normalized spacial score (nSPS) is 23.5. The lowest BCUT2D eigenvalue weighted by atomic mass is 9.92. The van der Waals surface area contributed by atoms with Gasteiger partial charge in [-0.25, -0.2) is 9.97 Å². The van der Waals surface area contributed by atoms with Gasteiger partial charge < -0.3 is 10.0 Å². The Morgan fingerprint density at radius 3 is 3.00 bits per heavy atom. The molecule has 4 nitrogen and oxygen atoms in total. The number of hydrogen-bond donors (Lipinski definition) is 1. The maximum absolute atomic E-state index is 9.95. The standard InChI is InChI=1S/C17H23N3OS/c1-11(21)12-5-4-8-20(9-12)16-15-13-6-2-3-7-14(13)22-17(15)19-10-18-16/h10-12,21H,2-9H2,1H3. The first-order valence-corrected chi connectivity index (χ1v) is 9.24. The highest BCUT2D eigenvalue weighted by molar-refractivity contribution is 7.19. The molecule has 0 aromatic carbocycles. The third kappa shape index (κ3) is 2.40. The van der Waals surface area contributed by atoms with Gasteiger partial charge in [-0.1, -0.05) is 0 Å². The Kier molecular flexibility index (Phi) is 3.78. The molecule has 1 aliphatic heterocycles. The molecule has 22 heavy (non-hydrogen) atoms. The third-order valence-corrected chi connectivity index (χ3v) is 6.37. The number of aliphatic hydroxyl groups excluding tert-OH is 1. The van der Waals surface area contributed by atoms with Gasteiger partial charge in [0.25, 0.3) is 0 Å². The Morgan fingerprint density at radius 1 is 1.27 bits per heavy atom. The molecule has 4 rings (SSSR count). The number of aryl methyl sites for hydroxylation is 2. The summed E-state index contributed by atoms with van der Waals surface area (Å²) in [6, 6.07) is 0. The van der Waals surface area contributed by atoms with E-state index < -0.39 is 0 Å². The molecule has 0 amide bonds. The SMILES string of the molecule is CC(O)C1CCCN(c2ncnc3sc4c(c23)CCCC4)C1. The minimum Gasteiger partial charge on any atom is -0.393 e. The monoisotopic (exact) mass is 317 g/mol. The molecule has 1 N–H and O–H groups in total. The summed E-state index contributed by atoms with van der Waals surface area (Å²) >= 11 is 1.86. The van der Waals surface area contributed by atoms with Crippen LogP contribution in [0.2, 0.25) is 0 Å². The average Bonchev–Trinajstić information content (AvgIpc) is 2.93. The van der Waals surface area contributed by atoms with Gasteiger partial charge in [0.2, 0.25) is 0 Å². The van der Waals surface area contributed by atoms with Crippen LogP contribution in [-0.4, -0.2) is 34.3 Å². The fourth-order valence-electron chi connectivity index (χ4n) is 3.91. The van der Waals surface area contributed by atoms with Crippen molar-refractivity contribution in [3.63, 3.8) is 0 Å². The zero-order chi connectivity index (χ0) is 15.1. The Hall–Kier alpha value is -1.20. The summed E-state index contributed by atoms with van der Waals surface area (Å²) in [5, 5.41) is 11.2. The number of thiophene rings is 1. The summed E-state index contributed by atoms with van der Waals surface area (Å²) in [5.41, 5.74) is 1.50. The van der Waals surface area contributed by atoms with E-state index in [1.165, 1.54) is 41.5 Å². The van der Waals surface area contributed by atoms with E-state index in [9.17, 15) is 5.11 Å². The highest BCUT2D eigenvalue weighted by Gasteiger charge is 2.27. The molecule has 1 saturated heterocycles. The van der Waals surface area contributed by atoms with Crippen LogP contribution in [-0.2, 0) is 12.8 Å². The Morgan fingerprint density at radius 2 is 2.14 bits per heavy atom. The van der Waals surface area contributed by atoms with Gasteiger partial charge in [-0.15, -0.1) is 11.3 Å². The first kappa shape index (κ1) is 14.4. The Labute approximate surface area is 135 Å². The Bertz CT molecular complexity index is 682. The number of hydrogen-bond acceptors (Lipinski definition) is 5. The summed E-state index contributed by atoms with van der Waals surface area (Å²) in [6.07, 6.45) is 8.68. The molecule has 0 bridgehead atoms. The fraction of sp³-hybridized carbons (Fsp3) is 0.647. The van der Waals surface area contributed by atoms with Gasteiger partial charge >= 0.3 is 0 Å². The van der Waals surface area contributed by atoms with Gasteiger partial charge in [0.05, 0.1) is 11.5 Å². The number of fused-ring (bicyclic) bond motifs is 3. The van der Waals surface area contributed by atoms with Crippen molar-refractivity contribution < 1.29 is 5.11 Å². The van der Waals surface area contributed by atoms with Gasteiger partial charge in [0, 0.05) is 23.9 Å². The van der Waals surface area contributed by atoms with Crippen LogP contribution in [0.4, 0.5) is 5.82 Å². The maximum Gasteiger partial charge on any atom is 0.141 e. The smallest absolute Gasteiger partial charge is 0.141 e. The van der Waals surface area contributed by atoms with E-state index >= 15 is 0 Å². The number of nitrogens with zero attached hydrogens (tertiary/aromatic N) is 3. The summed E-state index contributed by atoms with van der Waals surface area (Å²) < 4.78 is 0. The van der Waals surface area contributed by atoms with Crippen molar-refractivity contribution in [2.75, 3.05) is 18.0 Å². The second-order valence-corrected chi connectivity index (χ2v) is 7.76. The van der Waals surface area contributed by atoms with Crippen molar-refractivity contribution in [2.24, 2.45) is 5.92 Å². The molecule has 0 radical (unpaired) electrons. The van der Waals surface area contributed by atoms with Gasteiger partial charge in [0.1, 0.15) is 17.0 Å². The number of aromatic nitrogens is 2. The van der Waals surface area contributed by atoms with Gasteiger partial charge in [-0.3, -0.25) is 0 Å². The summed E-state index contributed by atoms with van der Waals surface area (Å²) in [4.78, 5) is 14.2. The molecular formula is C17H23N3OS. The minimum atomic E-state index is -0.239. The van der Waals surface area contributed by atoms with Gasteiger partial charge in [-0.2, -0.15) is 0 Å². The molecule has 2 atom stereocenters. The number of piperidine rings is 1. The lowest BCUT2D eigenvalue weighted by molar-refractivity contribution is 0.115. The van der Waals surface area contributed by atoms with Crippen LogP contribution in [0.15, 0.2) is 6.33 Å². The largest absolute Gasteiger partial charge is 0.393 e. The van der Waals surface area contributed by atoms with Crippen molar-refractivity contribution in [2.45, 2.75) is 51.6 Å². The van der Waals surface area contributed by atoms with Crippen molar-refractivity contribution >= 4 is 27.4 Å². The minimum absolute atomic E-state index is 0.239. The molecule has 5 heteroatoms. The summed E-state index contributed by atoms with van der Waals surface area (Å²) in [7, 11) is 0. The van der Waals surface area contributed by atoms with E-state index in [2.05, 4.69) is 14.9 Å². The zero-order valence-electron chi connectivity index (χ0n) is 13.1. The highest BCUT2D eigenvalue weighted by Crippen LogP contribution is 2.40. The van der Waals surface area contributed by atoms with Gasteiger partial charge in [-0.05, 0) is 51.0 Å². The van der Waals surface area contributed by atoms with Crippen LogP contribution in [0.25, 0.3) is 10.2 Å². The highest BCUT2D eigenvalue weighted by atomic mass is 32.1. The van der Waals surface area contributed by atoms with E-state index in [0.29, 0.717) is 5.92 Å². The maximum atomic E-state index is 9.95. The first-order chi connectivity index (χ1) is 10.7. The van der Waals surface area contributed by atoms with Crippen molar-refractivity contribution in [3.8, 4) is 0 Å². The first-order valence-electron chi connectivity index (χ1n) is 8.42. The van der Waals surface area contributed by atoms with Crippen LogP contribution in [0.3, 0.4) is 0 Å². The van der Waals surface area contributed by atoms with Crippen molar-refractivity contribution in [3.05, 3.63) is 16.8 Å². The third-order valence-electron chi connectivity index (χ3n) is 5.17. The second-order valence-electron chi connectivity index (χ2n) is 6.68. The molecular weight excluding hydrogens is 294 g/mol. The van der Waals surface area contributed by atoms with Crippen LogP contribution in [0.1, 0.15) is 43.0 Å². The molecule has 2 aromatic heterocycles. The van der Waals surface area contributed by atoms with E-state index in [1.807, 2.05) is 18.3 Å². The molecule has 2 unspecified atom stereocenters. The molecule has 0 spiro atoms. The van der Waals surface area contributed by atoms with E-state index in [4.69, 9.17) is 0 Å². The van der Waals surface area contributed by atoms with Crippen LogP contribution in [0, 0.1) is 5.92 Å². The predicted molar refractivity (Wildman–Crippen MR) is 90.7 cm³/mol. The molecule has 1 fully saturated rings. The van der Waals surface area contributed by atoms with Crippen LogP contribution in [0.5, 0.6) is 0 Å². The fourth-order valence-corrected chi connectivity index (χ4v) is 5.13. The van der Waals surface area contributed by atoms with E-state index in [1.54, 1.807) is 6.33 Å². The van der Waals surface area contributed by atoms with Crippen molar-refractivity contribution in [1.82, 2.24) is 9.97 Å². The molecule has 0 saturated carbocycles. The molecule has 3 heterocycles. The van der Waals surface area contributed by atoms with Crippen LogP contribution >= 0.6 is 11.3 Å². The van der Waals surface area contributed by atoms with Gasteiger partial charge in [0.15, 0.2) is 0 Å². The summed E-state index contributed by atoms with van der Waals surface area (Å²) in [5.74, 6) is 1.46. The molecule has 2 aromatic rings. The molecule has 1 aliphatic carbocycles. The molecule has 118 valence electrons. The zero-order valence-corrected chi connectivity index (χ0v) is 13.9. The number of rotatable bonds is 2. The lowest BCUT2D eigenvalue weighted by Crippen LogP contribution is -2.40. The number of aliphatic hydroxyl groups is 1. The lowest BCUT2D eigenvalue weighted by Gasteiger charge is -2.35. The Balaban J connectivity index is 1.76. The number of anilines is 1. The van der Waals surface area contributed by atoms with Crippen molar-refractivity contribution in [1.29, 1.82) is 0 Å². The van der Waals surface area contributed by atoms with Crippen LogP contribution < -0.4 is 4.90 Å². The van der Waals surface area contributed by atoms with E-state index in [-0.39, 0.29) is 6.10 Å². The predicted octanol–water partition coefficient (Wildman–Crippen LogP) is 3.17. The quantitative estimate of drug-likeness (QED) is 0.924. The van der Waals surface area contributed by atoms with E-state index in [0.717, 1.165) is 36.6 Å². The average molecular weight is 317 g/mol. The second kappa shape index (κ2) is 5.78. The summed E-state index contributed by atoms with van der Waals surface area (Å²) in [6.45, 7) is 3.87. The topological polar surface area (TPSA) is 49.2 Å².